The average molecular weight is 390 g/mol. The van der Waals surface area contributed by atoms with E-state index in [9.17, 15) is 18.0 Å². The van der Waals surface area contributed by atoms with E-state index >= 15 is 0 Å². The lowest BCUT2D eigenvalue weighted by Crippen LogP contribution is -2.47. The van der Waals surface area contributed by atoms with E-state index in [1.54, 1.807) is 24.3 Å². The van der Waals surface area contributed by atoms with Crippen LogP contribution in [0.15, 0.2) is 56.6 Å². The van der Waals surface area contributed by atoms with Gasteiger partial charge in [-0.15, -0.1) is 0 Å². The highest BCUT2D eigenvalue weighted by molar-refractivity contribution is 7.92. The lowest BCUT2D eigenvalue weighted by molar-refractivity contribution is -0.148. The molecule has 1 aliphatic rings. The van der Waals surface area contributed by atoms with Gasteiger partial charge in [-0.05, 0) is 24.3 Å². The Morgan fingerprint density at radius 2 is 2.04 bits per heavy atom. The maximum Gasteiger partial charge on any atom is 0.417 e. The fourth-order valence-electron chi connectivity index (χ4n) is 2.90. The number of aromatic amines is 1. The number of para-hydroxylation sites is 2. The molecular weight excluding hydrogens is 376 g/mol. The van der Waals surface area contributed by atoms with E-state index in [4.69, 9.17) is 13.9 Å². The number of esters is 1. The van der Waals surface area contributed by atoms with Crippen molar-refractivity contribution in [3.63, 3.8) is 0 Å². The van der Waals surface area contributed by atoms with Crippen LogP contribution in [-0.4, -0.2) is 39.1 Å². The SMILES string of the molecule is COC(=O)C1CN(S(=O)(=O)c2ccc3[nH]c(=O)oc3c2)c2ccccc2O1. The van der Waals surface area contributed by atoms with Gasteiger partial charge >= 0.3 is 11.7 Å². The highest BCUT2D eigenvalue weighted by atomic mass is 32.2. The molecule has 0 aliphatic carbocycles. The summed E-state index contributed by atoms with van der Waals surface area (Å²) in [5.74, 6) is -1.12. The molecule has 0 amide bonds. The summed E-state index contributed by atoms with van der Waals surface area (Å²) in [6, 6.07) is 10.5. The molecule has 0 bridgehead atoms. The zero-order valence-corrected chi connectivity index (χ0v) is 14.9. The zero-order valence-electron chi connectivity index (χ0n) is 14.0. The zero-order chi connectivity index (χ0) is 19.2. The van der Waals surface area contributed by atoms with Crippen molar-refractivity contribution < 1.29 is 27.1 Å². The molecule has 0 saturated carbocycles. The fraction of sp³-hybridized carbons (Fsp3) is 0.176. The number of ether oxygens (including phenoxy) is 2. The maximum absolute atomic E-state index is 13.2. The van der Waals surface area contributed by atoms with Crippen molar-refractivity contribution in [1.29, 1.82) is 0 Å². The lowest BCUT2D eigenvalue weighted by atomic mass is 10.2. The Morgan fingerprint density at radius 1 is 1.26 bits per heavy atom. The van der Waals surface area contributed by atoms with Crippen LogP contribution in [0.4, 0.5) is 5.69 Å². The van der Waals surface area contributed by atoms with Gasteiger partial charge in [0.25, 0.3) is 10.0 Å². The minimum atomic E-state index is -4.06. The van der Waals surface area contributed by atoms with Crippen LogP contribution in [0.1, 0.15) is 0 Å². The van der Waals surface area contributed by atoms with Gasteiger partial charge in [0.05, 0.1) is 29.8 Å². The van der Waals surface area contributed by atoms with Crippen LogP contribution < -0.4 is 14.8 Å². The smallest absolute Gasteiger partial charge is 0.417 e. The Bertz CT molecular complexity index is 1200. The molecule has 9 nitrogen and oxygen atoms in total. The van der Waals surface area contributed by atoms with Gasteiger partial charge in [-0.1, -0.05) is 12.1 Å². The van der Waals surface area contributed by atoms with Gasteiger partial charge in [-0.3, -0.25) is 9.29 Å². The molecule has 1 aliphatic heterocycles. The molecule has 0 saturated heterocycles. The Hall–Kier alpha value is -3.27. The molecule has 1 unspecified atom stereocenters. The van der Waals surface area contributed by atoms with Crippen molar-refractivity contribution in [3.05, 3.63) is 53.0 Å². The first-order chi connectivity index (χ1) is 12.9. The van der Waals surface area contributed by atoms with Crippen LogP contribution in [0.3, 0.4) is 0 Å². The number of fused-ring (bicyclic) bond motifs is 2. The Balaban J connectivity index is 1.83. The molecule has 10 heteroatoms. The third-order valence-electron chi connectivity index (χ3n) is 4.18. The van der Waals surface area contributed by atoms with Crippen LogP contribution in [0.25, 0.3) is 11.1 Å². The van der Waals surface area contributed by atoms with Crippen molar-refractivity contribution in [1.82, 2.24) is 4.98 Å². The molecule has 140 valence electrons. The number of hydrogen-bond acceptors (Lipinski definition) is 7. The molecule has 0 radical (unpaired) electrons. The van der Waals surface area contributed by atoms with E-state index in [0.29, 0.717) is 11.2 Å². The number of sulfonamides is 1. The van der Waals surface area contributed by atoms with Crippen LogP contribution in [0.5, 0.6) is 5.75 Å². The van der Waals surface area contributed by atoms with Crippen molar-refractivity contribution in [3.8, 4) is 5.75 Å². The molecule has 2 aromatic carbocycles. The van der Waals surface area contributed by atoms with Crippen LogP contribution >= 0.6 is 0 Å². The van der Waals surface area contributed by atoms with E-state index in [-0.39, 0.29) is 22.8 Å². The lowest BCUT2D eigenvalue weighted by Gasteiger charge is -2.34. The number of H-pyrrole nitrogens is 1. The highest BCUT2D eigenvalue weighted by Crippen LogP contribution is 2.37. The van der Waals surface area contributed by atoms with Gasteiger partial charge in [0.1, 0.15) is 5.75 Å². The summed E-state index contributed by atoms with van der Waals surface area (Å²) in [7, 11) is -2.86. The molecule has 0 spiro atoms. The first kappa shape index (κ1) is 17.2. The summed E-state index contributed by atoms with van der Waals surface area (Å²) in [6.45, 7) is -0.249. The molecule has 2 heterocycles. The largest absolute Gasteiger partial charge is 0.475 e. The second-order valence-electron chi connectivity index (χ2n) is 5.81. The summed E-state index contributed by atoms with van der Waals surface area (Å²) < 4.78 is 42.8. The molecule has 27 heavy (non-hydrogen) atoms. The van der Waals surface area contributed by atoms with Gasteiger partial charge in [0.15, 0.2) is 5.58 Å². The number of rotatable bonds is 3. The number of hydrogen-bond donors (Lipinski definition) is 1. The second-order valence-corrected chi connectivity index (χ2v) is 7.67. The van der Waals surface area contributed by atoms with E-state index in [1.165, 1.54) is 25.3 Å². The van der Waals surface area contributed by atoms with Crippen molar-refractivity contribution in [2.45, 2.75) is 11.0 Å². The number of oxazole rings is 1. The number of methoxy groups -OCH3 is 1. The Morgan fingerprint density at radius 3 is 2.81 bits per heavy atom. The molecule has 1 aromatic heterocycles. The number of anilines is 1. The monoisotopic (exact) mass is 390 g/mol. The molecule has 0 fully saturated rings. The maximum atomic E-state index is 13.2. The molecule has 3 aromatic rings. The quantitative estimate of drug-likeness (QED) is 0.669. The predicted octanol–water partition coefficient (Wildman–Crippen LogP) is 1.25. The van der Waals surface area contributed by atoms with E-state index < -0.39 is 27.9 Å². The predicted molar refractivity (Wildman–Crippen MR) is 94.2 cm³/mol. The summed E-state index contributed by atoms with van der Waals surface area (Å²) in [5, 5.41) is 0. The average Bonchev–Trinajstić information content (AvgIpc) is 3.05. The Labute approximate surface area is 153 Å². The van der Waals surface area contributed by atoms with Gasteiger partial charge < -0.3 is 13.9 Å². The van der Waals surface area contributed by atoms with Crippen LogP contribution in [0.2, 0.25) is 0 Å². The number of nitrogens with zero attached hydrogens (tertiary/aromatic N) is 1. The highest BCUT2D eigenvalue weighted by Gasteiger charge is 2.38. The van der Waals surface area contributed by atoms with E-state index in [1.807, 2.05) is 0 Å². The first-order valence-corrected chi connectivity index (χ1v) is 9.33. The van der Waals surface area contributed by atoms with Crippen LogP contribution in [-0.2, 0) is 19.6 Å². The molecule has 1 atom stereocenters. The third-order valence-corrected chi connectivity index (χ3v) is 5.96. The van der Waals surface area contributed by atoms with E-state index in [0.717, 1.165) is 4.31 Å². The normalized spacial score (nSPS) is 16.6. The van der Waals surface area contributed by atoms with Crippen molar-refractivity contribution >= 4 is 32.8 Å². The number of benzene rings is 2. The minimum absolute atomic E-state index is 0.0851. The van der Waals surface area contributed by atoms with Crippen molar-refractivity contribution in [2.24, 2.45) is 0 Å². The topological polar surface area (TPSA) is 119 Å². The summed E-state index contributed by atoms with van der Waals surface area (Å²) in [6.07, 6.45) is -1.10. The second kappa shape index (κ2) is 6.16. The van der Waals surface area contributed by atoms with Gasteiger partial charge in [-0.25, -0.2) is 18.0 Å². The minimum Gasteiger partial charge on any atom is -0.475 e. The van der Waals surface area contributed by atoms with Gasteiger partial charge in [0, 0.05) is 6.07 Å². The number of carbonyl (C=O) groups excluding carboxylic acids is 1. The molecule has 4 rings (SSSR count). The fourth-order valence-corrected chi connectivity index (χ4v) is 4.39. The summed E-state index contributed by atoms with van der Waals surface area (Å²) in [5.41, 5.74) is 0.800. The standard InChI is InChI=1S/C17H14N2O7S/c1-24-16(20)15-9-19(12-4-2-3-5-13(12)25-15)27(22,23)10-6-7-11-14(8-10)26-17(21)18-11/h2-8,15H,9H2,1H3,(H,18,21). The third kappa shape index (κ3) is 2.83. The number of nitrogens with one attached hydrogen (secondary N) is 1. The summed E-state index contributed by atoms with van der Waals surface area (Å²) >= 11 is 0. The van der Waals surface area contributed by atoms with Gasteiger partial charge in [-0.2, -0.15) is 0 Å². The van der Waals surface area contributed by atoms with E-state index in [2.05, 4.69) is 4.98 Å². The van der Waals surface area contributed by atoms with Crippen LogP contribution in [0, 0.1) is 0 Å². The first-order valence-electron chi connectivity index (χ1n) is 7.89. The summed E-state index contributed by atoms with van der Waals surface area (Å²) in [4.78, 5) is 25.6. The van der Waals surface area contributed by atoms with Gasteiger partial charge in [0.2, 0.25) is 6.10 Å². The van der Waals surface area contributed by atoms with Crippen molar-refractivity contribution in [2.75, 3.05) is 18.0 Å². The number of carbonyl (C=O) groups is 1. The molecule has 1 N–H and O–H groups in total. The number of aromatic nitrogens is 1. The Kier molecular flexibility index (Phi) is 3.92. The molecular formula is C17H14N2O7S.